The van der Waals surface area contributed by atoms with Crippen LogP contribution in [-0.2, 0) is 4.79 Å². The molecule has 98 valence electrons. The smallest absolute Gasteiger partial charge is 0.231 e. The van der Waals surface area contributed by atoms with Gasteiger partial charge in [0, 0.05) is 18.3 Å². The summed E-state index contributed by atoms with van der Waals surface area (Å²) in [4.78, 5) is 12.0. The van der Waals surface area contributed by atoms with Gasteiger partial charge in [0.2, 0.25) is 5.91 Å². The first-order valence-corrected chi connectivity index (χ1v) is 5.89. The zero-order valence-corrected chi connectivity index (χ0v) is 10.7. The van der Waals surface area contributed by atoms with E-state index in [1.165, 1.54) is 0 Å². The highest BCUT2D eigenvalue weighted by atomic mass is 16.5. The van der Waals surface area contributed by atoms with Crippen LogP contribution in [0, 0.1) is 5.41 Å². The topological polar surface area (TPSA) is 73.6 Å². The molecular weight excluding hydrogens is 232 g/mol. The van der Waals surface area contributed by atoms with E-state index < -0.39 is 0 Å². The molecule has 3 N–H and O–H groups in total. The van der Waals surface area contributed by atoms with Crippen LogP contribution in [0.2, 0.25) is 0 Å². The average Bonchev–Trinajstić information content (AvgIpc) is 3.19. The molecule has 0 bridgehead atoms. The van der Waals surface area contributed by atoms with E-state index in [2.05, 4.69) is 5.32 Å². The summed E-state index contributed by atoms with van der Waals surface area (Å²) in [6.45, 7) is 0.395. The van der Waals surface area contributed by atoms with Gasteiger partial charge in [0.25, 0.3) is 0 Å². The van der Waals surface area contributed by atoms with Gasteiger partial charge >= 0.3 is 0 Å². The fraction of sp³-hybridized carbons (Fsp3) is 0.462. The fourth-order valence-electron chi connectivity index (χ4n) is 1.85. The number of ether oxygens (including phenoxy) is 2. The third-order valence-corrected chi connectivity index (χ3v) is 3.37. The van der Waals surface area contributed by atoms with Gasteiger partial charge in [-0.3, -0.25) is 4.79 Å². The number of carbonyl (C=O) groups is 1. The third kappa shape index (κ3) is 2.26. The summed E-state index contributed by atoms with van der Waals surface area (Å²) in [5.41, 5.74) is 5.96. The second-order valence-corrected chi connectivity index (χ2v) is 4.51. The van der Waals surface area contributed by atoms with Crippen LogP contribution in [0.25, 0.3) is 0 Å². The first-order valence-electron chi connectivity index (χ1n) is 5.89. The van der Waals surface area contributed by atoms with Crippen molar-refractivity contribution in [1.29, 1.82) is 0 Å². The molecule has 1 aromatic rings. The zero-order valence-electron chi connectivity index (χ0n) is 10.7. The number of hydrogen-bond donors (Lipinski definition) is 2. The second kappa shape index (κ2) is 4.86. The molecule has 1 aliphatic carbocycles. The summed E-state index contributed by atoms with van der Waals surface area (Å²) in [6, 6.07) is 5.28. The average molecular weight is 250 g/mol. The molecule has 0 atom stereocenters. The van der Waals surface area contributed by atoms with Gasteiger partial charge in [-0.05, 0) is 25.0 Å². The van der Waals surface area contributed by atoms with Crippen LogP contribution >= 0.6 is 0 Å². The monoisotopic (exact) mass is 250 g/mol. The van der Waals surface area contributed by atoms with Crippen LogP contribution in [0.4, 0.5) is 5.69 Å². The Kier molecular flexibility index (Phi) is 3.43. The van der Waals surface area contributed by atoms with Crippen molar-refractivity contribution in [3.8, 4) is 11.5 Å². The molecule has 1 amide bonds. The summed E-state index contributed by atoms with van der Waals surface area (Å²) in [5.74, 6) is 1.21. The summed E-state index contributed by atoms with van der Waals surface area (Å²) in [5, 5.41) is 2.87. The number of rotatable bonds is 5. The lowest BCUT2D eigenvalue weighted by Gasteiger charge is -2.14. The molecule has 1 aliphatic rings. The molecule has 1 fully saturated rings. The summed E-state index contributed by atoms with van der Waals surface area (Å²) in [7, 11) is 3.13. The van der Waals surface area contributed by atoms with Gasteiger partial charge in [-0.15, -0.1) is 0 Å². The molecule has 0 radical (unpaired) electrons. The van der Waals surface area contributed by atoms with E-state index in [0.29, 0.717) is 23.7 Å². The molecule has 0 heterocycles. The maximum atomic E-state index is 12.0. The molecule has 0 aliphatic heterocycles. The predicted octanol–water partition coefficient (Wildman–Crippen LogP) is 1.38. The van der Waals surface area contributed by atoms with Crippen molar-refractivity contribution in [2.45, 2.75) is 12.8 Å². The number of benzene rings is 1. The minimum absolute atomic E-state index is 0.0165. The molecule has 0 aromatic heterocycles. The molecule has 1 saturated carbocycles. The third-order valence-electron chi connectivity index (χ3n) is 3.37. The number of nitrogens with two attached hydrogens (primary N) is 1. The van der Waals surface area contributed by atoms with Crippen LogP contribution in [0.3, 0.4) is 0 Å². The Hall–Kier alpha value is -1.75. The quantitative estimate of drug-likeness (QED) is 0.828. The van der Waals surface area contributed by atoms with Crippen molar-refractivity contribution in [1.82, 2.24) is 0 Å². The Balaban J connectivity index is 2.12. The number of amides is 1. The summed E-state index contributed by atoms with van der Waals surface area (Å²) >= 11 is 0. The first-order chi connectivity index (χ1) is 8.65. The molecule has 5 nitrogen and oxygen atoms in total. The summed E-state index contributed by atoms with van der Waals surface area (Å²) in [6.07, 6.45) is 1.73. The second-order valence-electron chi connectivity index (χ2n) is 4.51. The van der Waals surface area contributed by atoms with Crippen molar-refractivity contribution in [3.63, 3.8) is 0 Å². The highest BCUT2D eigenvalue weighted by molar-refractivity contribution is 5.97. The zero-order chi connectivity index (χ0) is 13.2. The minimum atomic E-state index is -0.354. The molecule has 0 spiro atoms. The Labute approximate surface area is 106 Å². The van der Waals surface area contributed by atoms with Crippen molar-refractivity contribution in [2.75, 3.05) is 26.1 Å². The van der Waals surface area contributed by atoms with Gasteiger partial charge in [-0.1, -0.05) is 0 Å². The molecule has 18 heavy (non-hydrogen) atoms. The van der Waals surface area contributed by atoms with Crippen molar-refractivity contribution in [3.05, 3.63) is 18.2 Å². The number of carbonyl (C=O) groups excluding carboxylic acids is 1. The van der Waals surface area contributed by atoms with Crippen LogP contribution < -0.4 is 20.5 Å². The van der Waals surface area contributed by atoms with E-state index in [0.717, 1.165) is 12.8 Å². The number of nitrogens with one attached hydrogen (secondary N) is 1. The molecule has 0 unspecified atom stereocenters. The van der Waals surface area contributed by atoms with Crippen molar-refractivity contribution >= 4 is 11.6 Å². The Morgan fingerprint density at radius 3 is 2.50 bits per heavy atom. The van der Waals surface area contributed by atoms with Crippen LogP contribution in [0.1, 0.15) is 12.8 Å². The molecule has 2 rings (SSSR count). The summed E-state index contributed by atoms with van der Waals surface area (Å²) < 4.78 is 10.3. The Bertz CT molecular complexity index is 456. The van der Waals surface area contributed by atoms with E-state index in [1.807, 2.05) is 0 Å². The van der Waals surface area contributed by atoms with Crippen molar-refractivity contribution < 1.29 is 14.3 Å². The highest BCUT2D eigenvalue weighted by Gasteiger charge is 2.48. The Morgan fingerprint density at radius 2 is 2.00 bits per heavy atom. The van der Waals surface area contributed by atoms with Crippen LogP contribution in [0.15, 0.2) is 18.2 Å². The largest absolute Gasteiger partial charge is 0.493 e. The number of methoxy groups -OCH3 is 2. The molecule has 5 heteroatoms. The molecule has 1 aromatic carbocycles. The fourth-order valence-corrected chi connectivity index (χ4v) is 1.85. The SMILES string of the molecule is COc1ccc(NC(=O)C2(CN)CC2)cc1OC. The lowest BCUT2D eigenvalue weighted by Crippen LogP contribution is -2.30. The standard InChI is InChI=1S/C13H18N2O3/c1-17-10-4-3-9(7-11(10)18-2)15-12(16)13(8-14)5-6-13/h3-4,7H,5-6,8,14H2,1-2H3,(H,15,16). The minimum Gasteiger partial charge on any atom is -0.493 e. The molecular formula is C13H18N2O3. The van der Waals surface area contributed by atoms with Crippen LogP contribution in [0.5, 0.6) is 11.5 Å². The Morgan fingerprint density at radius 1 is 1.33 bits per heavy atom. The van der Waals surface area contributed by atoms with Gasteiger partial charge in [0.1, 0.15) is 0 Å². The lowest BCUT2D eigenvalue weighted by atomic mass is 10.1. The predicted molar refractivity (Wildman–Crippen MR) is 68.9 cm³/mol. The normalized spacial score (nSPS) is 15.9. The first kappa shape index (κ1) is 12.7. The highest BCUT2D eigenvalue weighted by Crippen LogP contribution is 2.45. The van der Waals surface area contributed by atoms with Gasteiger partial charge in [-0.2, -0.15) is 0 Å². The molecule has 0 saturated heterocycles. The van der Waals surface area contributed by atoms with E-state index >= 15 is 0 Å². The van der Waals surface area contributed by atoms with E-state index in [-0.39, 0.29) is 11.3 Å². The lowest BCUT2D eigenvalue weighted by molar-refractivity contribution is -0.120. The van der Waals surface area contributed by atoms with E-state index in [9.17, 15) is 4.79 Å². The van der Waals surface area contributed by atoms with E-state index in [1.54, 1.807) is 32.4 Å². The van der Waals surface area contributed by atoms with Gasteiger partial charge in [-0.25, -0.2) is 0 Å². The number of hydrogen-bond acceptors (Lipinski definition) is 4. The van der Waals surface area contributed by atoms with Gasteiger partial charge < -0.3 is 20.5 Å². The van der Waals surface area contributed by atoms with Gasteiger partial charge in [0.15, 0.2) is 11.5 Å². The van der Waals surface area contributed by atoms with E-state index in [4.69, 9.17) is 15.2 Å². The van der Waals surface area contributed by atoms with Gasteiger partial charge in [0.05, 0.1) is 19.6 Å². The number of anilines is 1. The maximum Gasteiger partial charge on any atom is 0.231 e. The maximum absolute atomic E-state index is 12.0. The van der Waals surface area contributed by atoms with Crippen molar-refractivity contribution in [2.24, 2.45) is 11.1 Å². The van der Waals surface area contributed by atoms with Crippen LogP contribution in [-0.4, -0.2) is 26.7 Å².